The largest absolute Gasteiger partial charge is 0.463 e. The van der Waals surface area contributed by atoms with Gasteiger partial charge in [-0.05, 0) is 22.6 Å². The quantitative estimate of drug-likeness (QED) is 0.342. The maximum Gasteiger partial charge on any atom is 0.303 e. The SMILES string of the molecule is CC(=O)OC[C@H]1O[C@@H](n2cnc(C#N)c2I)C(OC(C)=O)C1OC(C)=O. The third-order valence-corrected chi connectivity index (χ3v) is 4.52. The molecule has 0 bridgehead atoms. The van der Waals surface area contributed by atoms with E-state index in [1.165, 1.54) is 31.7 Å². The number of carbonyl (C=O) groups excluding carboxylic acids is 3. The van der Waals surface area contributed by atoms with Crippen molar-refractivity contribution in [1.29, 1.82) is 5.26 Å². The molecule has 0 aliphatic carbocycles. The summed E-state index contributed by atoms with van der Waals surface area (Å²) in [5.41, 5.74) is 0.170. The number of nitriles is 1. The zero-order valence-corrected chi connectivity index (χ0v) is 16.3. The highest BCUT2D eigenvalue weighted by atomic mass is 127. The number of hydrogen-bond acceptors (Lipinski definition) is 9. The summed E-state index contributed by atoms with van der Waals surface area (Å²) in [6.45, 7) is 3.45. The van der Waals surface area contributed by atoms with E-state index in [1.54, 1.807) is 0 Å². The summed E-state index contributed by atoms with van der Waals surface area (Å²) in [5, 5.41) is 9.07. The fraction of sp³-hybridized carbons (Fsp3) is 0.533. The summed E-state index contributed by atoms with van der Waals surface area (Å²) in [5.74, 6) is -1.75. The van der Waals surface area contributed by atoms with Crippen molar-refractivity contribution in [3.63, 3.8) is 0 Å². The van der Waals surface area contributed by atoms with Gasteiger partial charge in [-0.3, -0.25) is 19.0 Å². The minimum Gasteiger partial charge on any atom is -0.463 e. The first-order valence-electron chi connectivity index (χ1n) is 7.50. The lowest BCUT2D eigenvalue weighted by atomic mass is 10.1. The molecule has 2 rings (SSSR count). The zero-order valence-electron chi connectivity index (χ0n) is 14.2. The maximum atomic E-state index is 11.5. The normalized spacial score (nSPS) is 24.6. The third kappa shape index (κ3) is 4.50. The lowest BCUT2D eigenvalue weighted by Crippen LogP contribution is -2.40. The molecular formula is C15H16IN3O7. The van der Waals surface area contributed by atoms with Crippen LogP contribution in [0.5, 0.6) is 0 Å². The molecule has 0 aromatic carbocycles. The molecule has 26 heavy (non-hydrogen) atoms. The van der Waals surface area contributed by atoms with Crippen molar-refractivity contribution in [3.05, 3.63) is 15.7 Å². The Bertz CT molecular complexity index is 757. The lowest BCUT2D eigenvalue weighted by molar-refractivity contribution is -0.166. The van der Waals surface area contributed by atoms with Gasteiger partial charge >= 0.3 is 17.9 Å². The predicted octanol–water partition coefficient (Wildman–Crippen LogP) is 0.683. The number of rotatable bonds is 5. The van der Waals surface area contributed by atoms with E-state index in [-0.39, 0.29) is 12.3 Å². The first-order chi connectivity index (χ1) is 12.2. The van der Waals surface area contributed by atoms with Crippen molar-refractivity contribution in [2.24, 2.45) is 0 Å². The van der Waals surface area contributed by atoms with Crippen LogP contribution in [0.25, 0.3) is 0 Å². The summed E-state index contributed by atoms with van der Waals surface area (Å²) in [6, 6.07) is 1.93. The van der Waals surface area contributed by atoms with E-state index >= 15 is 0 Å². The number of hydrogen-bond donors (Lipinski definition) is 0. The van der Waals surface area contributed by atoms with Gasteiger partial charge in [0.15, 0.2) is 24.1 Å². The molecule has 4 atom stereocenters. The van der Waals surface area contributed by atoms with E-state index in [4.69, 9.17) is 24.2 Å². The molecular weight excluding hydrogens is 461 g/mol. The van der Waals surface area contributed by atoms with Crippen LogP contribution in [0.3, 0.4) is 0 Å². The van der Waals surface area contributed by atoms with Crippen LogP contribution in [-0.4, -0.2) is 52.4 Å². The van der Waals surface area contributed by atoms with Gasteiger partial charge in [-0.1, -0.05) is 0 Å². The zero-order chi connectivity index (χ0) is 19.4. The van der Waals surface area contributed by atoms with Gasteiger partial charge in [0, 0.05) is 20.8 Å². The molecule has 0 spiro atoms. The van der Waals surface area contributed by atoms with Gasteiger partial charge < -0.3 is 18.9 Å². The second-order valence-corrected chi connectivity index (χ2v) is 6.44. The fourth-order valence-corrected chi connectivity index (χ4v) is 3.17. The number of esters is 3. The van der Waals surface area contributed by atoms with Crippen molar-refractivity contribution in [3.8, 4) is 6.07 Å². The van der Waals surface area contributed by atoms with Crippen LogP contribution < -0.4 is 0 Å². The first-order valence-corrected chi connectivity index (χ1v) is 8.58. The average molecular weight is 477 g/mol. The average Bonchev–Trinajstić information content (AvgIpc) is 3.06. The smallest absolute Gasteiger partial charge is 0.303 e. The summed E-state index contributed by atoms with van der Waals surface area (Å²) in [6.07, 6.45) is -2.41. The minimum absolute atomic E-state index is 0.170. The Morgan fingerprint density at radius 1 is 1.23 bits per heavy atom. The van der Waals surface area contributed by atoms with Gasteiger partial charge in [0.05, 0.1) is 6.33 Å². The van der Waals surface area contributed by atoms with E-state index in [2.05, 4.69) is 4.98 Å². The van der Waals surface area contributed by atoms with E-state index in [1.807, 2.05) is 28.7 Å². The molecule has 1 aliphatic heterocycles. The molecule has 1 aliphatic rings. The first kappa shape index (κ1) is 20.1. The molecule has 0 radical (unpaired) electrons. The van der Waals surface area contributed by atoms with E-state index in [9.17, 15) is 14.4 Å². The van der Waals surface area contributed by atoms with Crippen molar-refractivity contribution < 1.29 is 33.3 Å². The van der Waals surface area contributed by atoms with Crippen LogP contribution in [0.15, 0.2) is 6.33 Å². The van der Waals surface area contributed by atoms with Crippen LogP contribution in [0.4, 0.5) is 0 Å². The predicted molar refractivity (Wildman–Crippen MR) is 91.3 cm³/mol. The van der Waals surface area contributed by atoms with Gasteiger partial charge in [-0.25, -0.2) is 4.98 Å². The number of aromatic nitrogens is 2. The van der Waals surface area contributed by atoms with Crippen molar-refractivity contribution in [2.45, 2.75) is 45.3 Å². The Labute approximate surface area is 162 Å². The number of halogens is 1. The monoisotopic (exact) mass is 477 g/mol. The third-order valence-electron chi connectivity index (χ3n) is 3.45. The fourth-order valence-electron chi connectivity index (χ4n) is 2.52. The number of nitrogens with zero attached hydrogens (tertiary/aromatic N) is 3. The van der Waals surface area contributed by atoms with Gasteiger partial charge in [0.2, 0.25) is 0 Å². The maximum absolute atomic E-state index is 11.5. The Kier molecular flexibility index (Phi) is 6.54. The van der Waals surface area contributed by atoms with Crippen LogP contribution >= 0.6 is 22.6 Å². The van der Waals surface area contributed by atoms with Crippen molar-refractivity contribution in [2.75, 3.05) is 6.61 Å². The highest BCUT2D eigenvalue weighted by molar-refractivity contribution is 14.1. The molecule has 140 valence electrons. The molecule has 0 saturated carbocycles. The van der Waals surface area contributed by atoms with E-state index in [0.717, 1.165) is 0 Å². The number of ether oxygens (including phenoxy) is 4. The van der Waals surface area contributed by atoms with Crippen molar-refractivity contribution >= 4 is 40.5 Å². The van der Waals surface area contributed by atoms with Gasteiger partial charge in [-0.15, -0.1) is 0 Å². The molecule has 2 unspecified atom stereocenters. The van der Waals surface area contributed by atoms with Crippen molar-refractivity contribution in [1.82, 2.24) is 9.55 Å². The standard InChI is InChI=1S/C15H16IN3O7/c1-7(20)23-5-11-12(24-8(2)21)13(25-9(3)22)15(26-11)19-6-18-10(4-17)14(19)16/h6,11-13,15H,5H2,1-3H3/t11-,12?,13?,15-/m1/s1. The van der Waals surface area contributed by atoms with E-state index < -0.39 is 42.4 Å². The van der Waals surface area contributed by atoms with Crippen LogP contribution in [0.2, 0.25) is 0 Å². The molecule has 1 aromatic heterocycles. The van der Waals surface area contributed by atoms with Crippen LogP contribution in [0, 0.1) is 15.0 Å². The van der Waals surface area contributed by atoms with Gasteiger partial charge in [-0.2, -0.15) is 5.26 Å². The molecule has 11 heteroatoms. The summed E-state index contributed by atoms with van der Waals surface area (Å²) in [4.78, 5) is 38.1. The number of carbonyl (C=O) groups is 3. The Morgan fingerprint density at radius 3 is 2.35 bits per heavy atom. The van der Waals surface area contributed by atoms with Gasteiger partial charge in [0.25, 0.3) is 0 Å². The minimum atomic E-state index is -1.01. The lowest BCUT2D eigenvalue weighted by Gasteiger charge is -2.23. The Hall–Kier alpha value is -2.20. The Morgan fingerprint density at radius 2 is 1.85 bits per heavy atom. The molecule has 0 N–H and O–H groups in total. The second-order valence-electron chi connectivity index (χ2n) is 5.42. The summed E-state index contributed by atoms with van der Waals surface area (Å²) in [7, 11) is 0. The molecule has 1 fully saturated rings. The number of imidazole rings is 1. The second kappa shape index (κ2) is 8.45. The topological polar surface area (TPSA) is 130 Å². The highest BCUT2D eigenvalue weighted by Crippen LogP contribution is 2.35. The molecule has 10 nitrogen and oxygen atoms in total. The van der Waals surface area contributed by atoms with E-state index in [0.29, 0.717) is 3.70 Å². The Balaban J connectivity index is 2.39. The van der Waals surface area contributed by atoms with Crippen LogP contribution in [-0.2, 0) is 33.3 Å². The summed E-state index contributed by atoms with van der Waals surface area (Å²) >= 11 is 1.91. The molecule has 0 amide bonds. The van der Waals surface area contributed by atoms with Crippen LogP contribution in [0.1, 0.15) is 32.7 Å². The molecule has 2 heterocycles. The summed E-state index contributed by atoms with van der Waals surface area (Å²) < 4.78 is 23.3. The molecule has 1 saturated heterocycles. The van der Waals surface area contributed by atoms with Gasteiger partial charge in [0.1, 0.15) is 22.5 Å². The molecule has 1 aromatic rings. The highest BCUT2D eigenvalue weighted by Gasteiger charge is 2.51.